The Balaban J connectivity index is 2.18. The summed E-state index contributed by atoms with van der Waals surface area (Å²) < 4.78 is 5.38. The molecule has 1 aliphatic heterocycles. The van der Waals surface area contributed by atoms with Gasteiger partial charge in [0.25, 0.3) is 5.91 Å². The van der Waals surface area contributed by atoms with Gasteiger partial charge in [0.1, 0.15) is 12.1 Å². The average Bonchev–Trinajstić information content (AvgIpc) is 2.70. The quantitative estimate of drug-likeness (QED) is 0.652. The molecule has 0 unspecified atom stereocenters. The average molecular weight is 379 g/mol. The van der Waals surface area contributed by atoms with Gasteiger partial charge in [-0.2, -0.15) is 0 Å². The molecule has 2 aromatic carbocycles. The second-order valence-electron chi connectivity index (χ2n) is 7.44. The van der Waals surface area contributed by atoms with E-state index in [0.717, 1.165) is 6.08 Å². The highest BCUT2D eigenvalue weighted by Gasteiger charge is 2.31. The van der Waals surface area contributed by atoms with Gasteiger partial charge in [-0.3, -0.25) is 14.5 Å². The van der Waals surface area contributed by atoms with Crippen molar-refractivity contribution in [2.75, 3.05) is 11.4 Å². The van der Waals surface area contributed by atoms with Gasteiger partial charge in [0.05, 0.1) is 5.69 Å². The molecule has 144 valence electrons. The lowest BCUT2D eigenvalue weighted by molar-refractivity contribution is -0.152. The molecule has 1 amide bonds. The number of nitrogens with zero attached hydrogens (tertiary/aromatic N) is 1. The minimum Gasteiger partial charge on any atom is -0.478 e. The highest BCUT2D eigenvalue weighted by Crippen LogP contribution is 2.37. The molecular weight excluding hydrogens is 358 g/mol. The second-order valence-corrected chi connectivity index (χ2v) is 7.44. The number of amides is 1. The minimum atomic E-state index is -1.12. The van der Waals surface area contributed by atoms with Gasteiger partial charge in [-0.15, -0.1) is 0 Å². The van der Waals surface area contributed by atoms with Crippen molar-refractivity contribution in [2.24, 2.45) is 0 Å². The third-order valence-electron chi connectivity index (χ3n) is 4.15. The number of fused-ring (bicyclic) bond motifs is 2. The Hall–Kier alpha value is -3.41. The lowest BCUT2D eigenvalue weighted by Gasteiger charge is -2.25. The Labute approximate surface area is 163 Å². The number of rotatable bonds is 3. The Morgan fingerprint density at radius 1 is 1.00 bits per heavy atom. The number of carbonyl (C=O) groups excluding carboxylic acids is 2. The molecule has 0 aromatic heterocycles. The van der Waals surface area contributed by atoms with Crippen LogP contribution in [0.5, 0.6) is 0 Å². The van der Waals surface area contributed by atoms with Crippen LogP contribution in [-0.2, 0) is 14.3 Å². The molecule has 0 radical (unpaired) electrons. The predicted molar refractivity (Wildman–Crippen MR) is 105 cm³/mol. The van der Waals surface area contributed by atoms with Crippen molar-refractivity contribution in [3.05, 3.63) is 71.3 Å². The fourth-order valence-corrected chi connectivity index (χ4v) is 3.18. The molecule has 1 N–H and O–H groups in total. The van der Waals surface area contributed by atoms with Crippen molar-refractivity contribution in [3.8, 4) is 0 Å². The third-order valence-corrected chi connectivity index (χ3v) is 4.15. The van der Waals surface area contributed by atoms with E-state index in [4.69, 9.17) is 4.74 Å². The maximum Gasteiger partial charge on any atom is 0.328 e. The summed E-state index contributed by atoms with van der Waals surface area (Å²) in [5.74, 6) is -2.05. The molecule has 0 aliphatic carbocycles. The minimum absolute atomic E-state index is 0.276. The van der Waals surface area contributed by atoms with E-state index in [2.05, 4.69) is 0 Å². The Morgan fingerprint density at radius 2 is 1.57 bits per heavy atom. The normalized spacial score (nSPS) is 14.9. The lowest BCUT2D eigenvalue weighted by Crippen LogP contribution is -2.39. The highest BCUT2D eigenvalue weighted by molar-refractivity contribution is 6.16. The number of carbonyl (C=O) groups is 3. The first-order valence-electron chi connectivity index (χ1n) is 8.84. The number of hydrogen-bond donors (Lipinski definition) is 1. The zero-order valence-electron chi connectivity index (χ0n) is 15.9. The van der Waals surface area contributed by atoms with Crippen LogP contribution in [-0.4, -0.2) is 35.1 Å². The summed E-state index contributed by atoms with van der Waals surface area (Å²) in [6, 6.07) is 13.7. The summed E-state index contributed by atoms with van der Waals surface area (Å²) in [5, 5.41) is 9.36. The smallest absolute Gasteiger partial charge is 0.328 e. The number of aliphatic carboxylic acids is 1. The van der Waals surface area contributed by atoms with E-state index in [1.54, 1.807) is 69.3 Å². The molecule has 28 heavy (non-hydrogen) atoms. The van der Waals surface area contributed by atoms with Gasteiger partial charge in [-0.1, -0.05) is 36.4 Å². The van der Waals surface area contributed by atoms with E-state index < -0.39 is 17.5 Å². The van der Waals surface area contributed by atoms with Crippen LogP contribution in [0.3, 0.4) is 0 Å². The van der Waals surface area contributed by atoms with E-state index in [-0.39, 0.29) is 12.5 Å². The van der Waals surface area contributed by atoms with Crippen LogP contribution in [0.25, 0.3) is 5.57 Å². The van der Waals surface area contributed by atoms with Crippen LogP contribution in [0, 0.1) is 0 Å². The standard InChI is InChI=1S/C22H21NO5/c1-22(2,3)28-20(26)13-23-18-11-7-6-9-15(18)17(12-19(24)25)14-8-4-5-10-16(14)21(23)27/h4-12H,13H2,1-3H3,(H,24,25)/b17-12+. The van der Waals surface area contributed by atoms with Crippen molar-refractivity contribution in [2.45, 2.75) is 26.4 Å². The van der Waals surface area contributed by atoms with E-state index in [9.17, 15) is 19.5 Å². The van der Waals surface area contributed by atoms with E-state index in [0.29, 0.717) is 28.0 Å². The van der Waals surface area contributed by atoms with E-state index in [1.807, 2.05) is 0 Å². The first-order chi connectivity index (χ1) is 13.2. The van der Waals surface area contributed by atoms with Crippen LogP contribution < -0.4 is 4.90 Å². The number of hydrogen-bond acceptors (Lipinski definition) is 4. The fraction of sp³-hybridized carbons (Fsp3) is 0.227. The molecule has 0 saturated heterocycles. The molecule has 3 rings (SSSR count). The van der Waals surface area contributed by atoms with E-state index >= 15 is 0 Å². The van der Waals surface area contributed by atoms with Crippen LogP contribution in [0.2, 0.25) is 0 Å². The van der Waals surface area contributed by atoms with Gasteiger partial charge in [0.2, 0.25) is 0 Å². The molecule has 6 heteroatoms. The van der Waals surface area contributed by atoms with Crippen molar-refractivity contribution < 1.29 is 24.2 Å². The van der Waals surface area contributed by atoms with Gasteiger partial charge < -0.3 is 9.84 Å². The van der Waals surface area contributed by atoms with Gasteiger partial charge in [-0.05, 0) is 44.0 Å². The summed E-state index contributed by atoms with van der Waals surface area (Å²) in [5.41, 5.74) is 1.59. The summed E-state index contributed by atoms with van der Waals surface area (Å²) in [4.78, 5) is 38.5. The number of anilines is 1. The SMILES string of the molecule is CC(C)(C)OC(=O)CN1C(=O)c2ccccc2/C(=C\C(=O)O)c2ccccc21. The van der Waals surface area contributed by atoms with Gasteiger partial charge in [0, 0.05) is 17.2 Å². The van der Waals surface area contributed by atoms with Gasteiger partial charge in [0.15, 0.2) is 0 Å². The molecule has 0 fully saturated rings. The van der Waals surface area contributed by atoms with Crippen molar-refractivity contribution in [1.29, 1.82) is 0 Å². The maximum absolute atomic E-state index is 13.3. The molecule has 1 heterocycles. The number of para-hydroxylation sites is 1. The molecule has 0 saturated carbocycles. The first kappa shape index (κ1) is 19.4. The van der Waals surface area contributed by atoms with Crippen LogP contribution in [0.4, 0.5) is 5.69 Å². The molecule has 0 spiro atoms. The summed E-state index contributed by atoms with van der Waals surface area (Å²) in [6.45, 7) is 4.99. The fourth-order valence-electron chi connectivity index (χ4n) is 3.18. The molecule has 6 nitrogen and oxygen atoms in total. The Morgan fingerprint density at radius 3 is 2.18 bits per heavy atom. The van der Waals surface area contributed by atoms with Crippen LogP contribution in [0.15, 0.2) is 54.6 Å². The Bertz CT molecular complexity index is 984. The topological polar surface area (TPSA) is 83.9 Å². The van der Waals surface area contributed by atoms with Crippen molar-refractivity contribution in [3.63, 3.8) is 0 Å². The number of esters is 1. The largest absolute Gasteiger partial charge is 0.478 e. The van der Waals surface area contributed by atoms with Crippen molar-refractivity contribution >= 4 is 29.1 Å². The Kier molecular flexibility index (Phi) is 5.05. The summed E-state index contributed by atoms with van der Waals surface area (Å²) in [7, 11) is 0. The first-order valence-corrected chi connectivity index (χ1v) is 8.84. The molecule has 1 aliphatic rings. The van der Waals surface area contributed by atoms with Crippen LogP contribution in [0.1, 0.15) is 42.3 Å². The van der Waals surface area contributed by atoms with Crippen molar-refractivity contribution in [1.82, 2.24) is 0 Å². The predicted octanol–water partition coefficient (Wildman–Crippen LogP) is 3.50. The number of benzene rings is 2. The number of ether oxygens (including phenoxy) is 1. The maximum atomic E-state index is 13.3. The molecule has 0 bridgehead atoms. The monoisotopic (exact) mass is 379 g/mol. The lowest BCUT2D eigenvalue weighted by atomic mass is 9.94. The molecule has 0 atom stereocenters. The number of carboxylic acids is 1. The van der Waals surface area contributed by atoms with Crippen LogP contribution >= 0.6 is 0 Å². The number of carboxylic acid groups (broad SMARTS) is 1. The highest BCUT2D eigenvalue weighted by atomic mass is 16.6. The van der Waals surface area contributed by atoms with Gasteiger partial charge >= 0.3 is 11.9 Å². The summed E-state index contributed by atoms with van der Waals surface area (Å²) >= 11 is 0. The molecular formula is C22H21NO5. The molecule has 2 aromatic rings. The van der Waals surface area contributed by atoms with Gasteiger partial charge in [-0.25, -0.2) is 4.79 Å². The summed E-state index contributed by atoms with van der Waals surface area (Å²) in [6.07, 6.45) is 1.09. The van der Waals surface area contributed by atoms with E-state index in [1.165, 1.54) is 4.90 Å². The third kappa shape index (κ3) is 3.96. The zero-order valence-corrected chi connectivity index (χ0v) is 15.9. The zero-order chi connectivity index (χ0) is 20.5. The second kappa shape index (κ2) is 7.31.